The van der Waals surface area contributed by atoms with Crippen LogP contribution in [-0.2, 0) is 23.9 Å². The minimum atomic E-state index is -4.37. The minimum absolute atomic E-state index is 0.110. The third-order valence-corrected chi connectivity index (χ3v) is 6.15. The third kappa shape index (κ3) is 4.98. The van der Waals surface area contributed by atoms with E-state index in [0.717, 1.165) is 51.4 Å². The van der Waals surface area contributed by atoms with Crippen molar-refractivity contribution >= 4 is 22.6 Å². The molecule has 4 aromatic rings. The van der Waals surface area contributed by atoms with Gasteiger partial charge in [0.15, 0.2) is 0 Å². The van der Waals surface area contributed by atoms with Crippen molar-refractivity contribution < 1.29 is 18.0 Å². The molecule has 0 atom stereocenters. The highest BCUT2D eigenvalue weighted by molar-refractivity contribution is 5.94. The van der Waals surface area contributed by atoms with Gasteiger partial charge >= 0.3 is 6.18 Å². The third-order valence-electron chi connectivity index (χ3n) is 6.15. The van der Waals surface area contributed by atoms with Gasteiger partial charge in [-0.15, -0.1) is 0 Å². The number of carbonyl (C=O) groups is 1. The predicted octanol–water partition coefficient (Wildman–Crippen LogP) is 6.26. The molecule has 1 heterocycles. The summed E-state index contributed by atoms with van der Waals surface area (Å²) in [6.45, 7) is 6.33. The van der Waals surface area contributed by atoms with Crippen LogP contribution in [0.25, 0.3) is 11.0 Å². The molecule has 0 N–H and O–H groups in total. The van der Waals surface area contributed by atoms with Gasteiger partial charge in [0, 0.05) is 12.2 Å². The SMILES string of the molecule is Cc1ccc(N(CCc2ccc(C(F)(F)F)cc2)C(=O)Cn2c(C)nc3ccccc32)cc1C. The number of amides is 1. The van der Waals surface area contributed by atoms with Crippen LogP contribution >= 0.6 is 0 Å². The van der Waals surface area contributed by atoms with Crippen LogP contribution in [0.15, 0.2) is 66.7 Å². The maximum atomic E-state index is 13.5. The lowest BCUT2D eigenvalue weighted by Crippen LogP contribution is -2.36. The average molecular weight is 466 g/mol. The van der Waals surface area contributed by atoms with E-state index in [0.29, 0.717) is 13.0 Å². The number of benzene rings is 3. The molecule has 34 heavy (non-hydrogen) atoms. The highest BCUT2D eigenvalue weighted by atomic mass is 19.4. The van der Waals surface area contributed by atoms with E-state index in [9.17, 15) is 18.0 Å². The van der Waals surface area contributed by atoms with Crippen molar-refractivity contribution in [3.8, 4) is 0 Å². The van der Waals surface area contributed by atoms with E-state index in [2.05, 4.69) is 4.98 Å². The standard InChI is InChI=1S/C27H26F3N3O/c1-18-8-13-23(16-19(18)2)32(15-14-21-9-11-22(12-10-21)27(28,29)30)26(34)17-33-20(3)31-24-6-4-5-7-25(24)33/h4-13,16H,14-15,17H2,1-3H3. The summed E-state index contributed by atoms with van der Waals surface area (Å²) in [5, 5.41) is 0. The monoisotopic (exact) mass is 465 g/mol. The van der Waals surface area contributed by atoms with E-state index in [4.69, 9.17) is 0 Å². The summed E-state index contributed by atoms with van der Waals surface area (Å²) in [7, 11) is 0. The first-order valence-corrected chi connectivity index (χ1v) is 11.1. The van der Waals surface area contributed by atoms with Gasteiger partial charge in [-0.25, -0.2) is 4.98 Å². The van der Waals surface area contributed by atoms with Crippen molar-refractivity contribution in [2.45, 2.75) is 39.9 Å². The zero-order valence-corrected chi connectivity index (χ0v) is 19.4. The summed E-state index contributed by atoms with van der Waals surface area (Å²) >= 11 is 0. The van der Waals surface area contributed by atoms with Gasteiger partial charge in [0.2, 0.25) is 5.91 Å². The summed E-state index contributed by atoms with van der Waals surface area (Å²) in [4.78, 5) is 19.8. The number of carbonyl (C=O) groups excluding carboxylic acids is 1. The lowest BCUT2D eigenvalue weighted by atomic mass is 10.1. The number of nitrogens with zero attached hydrogens (tertiary/aromatic N) is 3. The molecule has 4 rings (SSSR count). The van der Waals surface area contributed by atoms with Crippen molar-refractivity contribution in [2.75, 3.05) is 11.4 Å². The van der Waals surface area contributed by atoms with Crippen molar-refractivity contribution in [1.29, 1.82) is 0 Å². The van der Waals surface area contributed by atoms with Crippen LogP contribution in [0.1, 0.15) is 28.1 Å². The van der Waals surface area contributed by atoms with Gasteiger partial charge in [0.1, 0.15) is 12.4 Å². The number of para-hydroxylation sites is 2. The Balaban J connectivity index is 1.60. The quantitative estimate of drug-likeness (QED) is 0.337. The lowest BCUT2D eigenvalue weighted by molar-refractivity contribution is -0.137. The van der Waals surface area contributed by atoms with Gasteiger partial charge in [0.25, 0.3) is 0 Å². The Morgan fingerprint density at radius 1 is 0.941 bits per heavy atom. The Bertz CT molecular complexity index is 1320. The number of alkyl halides is 3. The molecule has 0 aliphatic carbocycles. The fourth-order valence-electron chi connectivity index (χ4n) is 4.01. The first-order chi connectivity index (χ1) is 16.1. The molecule has 7 heteroatoms. The lowest BCUT2D eigenvalue weighted by Gasteiger charge is -2.24. The molecule has 0 aliphatic heterocycles. The summed E-state index contributed by atoms with van der Waals surface area (Å²) < 4.78 is 40.6. The number of fused-ring (bicyclic) bond motifs is 1. The Labute approximate surface area is 196 Å². The molecule has 0 bridgehead atoms. The second-order valence-electron chi connectivity index (χ2n) is 8.49. The van der Waals surface area contributed by atoms with E-state index in [-0.39, 0.29) is 12.5 Å². The highest BCUT2D eigenvalue weighted by Gasteiger charge is 2.30. The fourth-order valence-corrected chi connectivity index (χ4v) is 4.01. The Kier molecular flexibility index (Phi) is 6.46. The number of hydrogen-bond acceptors (Lipinski definition) is 2. The van der Waals surface area contributed by atoms with Crippen molar-refractivity contribution in [3.05, 3.63) is 94.8 Å². The molecule has 0 radical (unpaired) electrons. The molecule has 0 saturated carbocycles. The Morgan fingerprint density at radius 2 is 1.65 bits per heavy atom. The largest absolute Gasteiger partial charge is 0.416 e. The van der Waals surface area contributed by atoms with Gasteiger partial charge < -0.3 is 9.47 Å². The van der Waals surface area contributed by atoms with Crippen molar-refractivity contribution in [1.82, 2.24) is 9.55 Å². The van der Waals surface area contributed by atoms with Crippen LogP contribution in [0.5, 0.6) is 0 Å². The summed E-state index contributed by atoms with van der Waals surface area (Å²) in [6.07, 6.45) is -3.94. The second kappa shape index (κ2) is 9.33. The maximum Gasteiger partial charge on any atom is 0.416 e. The summed E-state index contributed by atoms with van der Waals surface area (Å²) in [6, 6.07) is 18.6. The van der Waals surface area contributed by atoms with E-state index in [1.165, 1.54) is 12.1 Å². The molecule has 0 saturated heterocycles. The van der Waals surface area contributed by atoms with E-state index >= 15 is 0 Å². The Morgan fingerprint density at radius 3 is 2.32 bits per heavy atom. The molecule has 0 fully saturated rings. The van der Waals surface area contributed by atoms with Crippen LogP contribution in [0.4, 0.5) is 18.9 Å². The number of hydrogen-bond donors (Lipinski definition) is 0. The van der Waals surface area contributed by atoms with Gasteiger partial charge in [-0.2, -0.15) is 13.2 Å². The number of anilines is 1. The van der Waals surface area contributed by atoms with Gasteiger partial charge in [0.05, 0.1) is 16.6 Å². The number of rotatable bonds is 6. The smallest absolute Gasteiger partial charge is 0.319 e. The van der Waals surface area contributed by atoms with Crippen molar-refractivity contribution in [2.24, 2.45) is 0 Å². The molecule has 4 nitrogen and oxygen atoms in total. The normalized spacial score (nSPS) is 11.7. The van der Waals surface area contributed by atoms with E-state index in [1.54, 1.807) is 4.90 Å². The molecular formula is C27H26F3N3O. The fraction of sp³-hybridized carbons (Fsp3) is 0.259. The van der Waals surface area contributed by atoms with Crippen LogP contribution in [0.2, 0.25) is 0 Å². The van der Waals surface area contributed by atoms with E-state index < -0.39 is 11.7 Å². The minimum Gasteiger partial charge on any atom is -0.319 e. The molecular weight excluding hydrogens is 439 g/mol. The van der Waals surface area contributed by atoms with Crippen molar-refractivity contribution in [3.63, 3.8) is 0 Å². The molecule has 3 aromatic carbocycles. The van der Waals surface area contributed by atoms with Gasteiger partial charge in [-0.1, -0.05) is 30.3 Å². The van der Waals surface area contributed by atoms with Crippen LogP contribution in [0, 0.1) is 20.8 Å². The molecule has 1 amide bonds. The van der Waals surface area contributed by atoms with Crippen LogP contribution in [0.3, 0.4) is 0 Å². The topological polar surface area (TPSA) is 38.1 Å². The number of imidazole rings is 1. The maximum absolute atomic E-state index is 13.5. The molecule has 0 unspecified atom stereocenters. The first-order valence-electron chi connectivity index (χ1n) is 11.1. The average Bonchev–Trinajstić information content (AvgIpc) is 3.11. The first kappa shape index (κ1) is 23.5. The molecule has 1 aromatic heterocycles. The Hall–Kier alpha value is -3.61. The van der Waals surface area contributed by atoms with Crippen LogP contribution in [-0.4, -0.2) is 22.0 Å². The predicted molar refractivity (Wildman–Crippen MR) is 128 cm³/mol. The van der Waals surface area contributed by atoms with Gasteiger partial charge in [-0.3, -0.25) is 4.79 Å². The number of aryl methyl sites for hydroxylation is 3. The zero-order chi connectivity index (χ0) is 24.5. The van der Waals surface area contributed by atoms with Crippen LogP contribution < -0.4 is 4.90 Å². The van der Waals surface area contributed by atoms with E-state index in [1.807, 2.05) is 67.8 Å². The molecule has 0 spiro atoms. The summed E-state index contributed by atoms with van der Waals surface area (Å²) in [5.74, 6) is 0.638. The highest BCUT2D eigenvalue weighted by Crippen LogP contribution is 2.29. The van der Waals surface area contributed by atoms with Gasteiger partial charge in [-0.05, 0) is 80.3 Å². The molecule has 176 valence electrons. The number of aromatic nitrogens is 2. The summed E-state index contributed by atoms with van der Waals surface area (Å²) in [5.41, 5.74) is 4.72. The molecule has 0 aliphatic rings. The second-order valence-corrected chi connectivity index (χ2v) is 8.49. The number of halogens is 3. The zero-order valence-electron chi connectivity index (χ0n) is 19.4.